The van der Waals surface area contributed by atoms with Crippen molar-refractivity contribution in [2.75, 3.05) is 32.8 Å². The van der Waals surface area contributed by atoms with Gasteiger partial charge in [0.2, 0.25) is 5.91 Å². The monoisotopic (exact) mass is 424 g/mol. The van der Waals surface area contributed by atoms with Crippen LogP contribution in [0.15, 0.2) is 0 Å². The zero-order valence-corrected chi connectivity index (χ0v) is 18.4. The minimum absolute atomic E-state index is 0.0664. The van der Waals surface area contributed by atoms with Crippen molar-refractivity contribution in [1.82, 2.24) is 20.6 Å². The second-order valence-corrected chi connectivity index (χ2v) is 9.97. The van der Waals surface area contributed by atoms with Gasteiger partial charge in [-0.1, -0.05) is 0 Å². The van der Waals surface area contributed by atoms with E-state index in [2.05, 4.69) is 10.8 Å². The van der Waals surface area contributed by atoms with Crippen molar-refractivity contribution < 1.29 is 23.9 Å². The van der Waals surface area contributed by atoms with E-state index >= 15 is 0 Å². The quantitative estimate of drug-likeness (QED) is 0.708. The Morgan fingerprint density at radius 3 is 2.57 bits per heavy atom. The molecule has 4 aliphatic rings. The van der Waals surface area contributed by atoms with Crippen molar-refractivity contribution in [2.24, 2.45) is 11.8 Å². The first kappa shape index (κ1) is 21.8. The third-order valence-corrected chi connectivity index (χ3v) is 6.58. The lowest BCUT2D eigenvalue weighted by atomic mass is 9.92. The van der Waals surface area contributed by atoms with E-state index in [9.17, 15) is 9.59 Å². The maximum Gasteiger partial charge on any atom is 0.410 e. The third kappa shape index (κ3) is 5.07. The van der Waals surface area contributed by atoms with Gasteiger partial charge in [0, 0.05) is 38.6 Å². The first-order valence-corrected chi connectivity index (χ1v) is 11.3. The van der Waals surface area contributed by atoms with Gasteiger partial charge in [0.1, 0.15) is 11.8 Å². The molecule has 9 heteroatoms. The number of piperidine rings is 2. The maximum atomic E-state index is 12.4. The first-order valence-electron chi connectivity index (χ1n) is 11.3. The molecule has 0 aromatic rings. The highest BCUT2D eigenvalue weighted by atomic mass is 16.7. The average Bonchev–Trinajstić information content (AvgIpc) is 3.40. The molecular formula is C21H36N4O5. The predicted molar refractivity (Wildman–Crippen MR) is 109 cm³/mol. The van der Waals surface area contributed by atoms with Crippen LogP contribution in [-0.2, 0) is 19.1 Å². The Morgan fingerprint density at radius 1 is 1.13 bits per heavy atom. The fourth-order valence-corrected chi connectivity index (χ4v) is 4.86. The van der Waals surface area contributed by atoms with Crippen molar-refractivity contribution >= 4 is 12.0 Å². The highest BCUT2D eigenvalue weighted by Gasteiger charge is 2.41. The van der Waals surface area contributed by atoms with E-state index in [1.54, 1.807) is 4.90 Å². The van der Waals surface area contributed by atoms with E-state index in [1.165, 1.54) is 0 Å². The summed E-state index contributed by atoms with van der Waals surface area (Å²) in [5.74, 6) is 0.889. The lowest BCUT2D eigenvalue weighted by Crippen LogP contribution is -2.52. The van der Waals surface area contributed by atoms with Gasteiger partial charge in [-0.05, 0) is 52.4 Å². The second-order valence-electron chi connectivity index (χ2n) is 9.97. The highest BCUT2D eigenvalue weighted by molar-refractivity contribution is 5.77. The Labute approximate surface area is 178 Å². The van der Waals surface area contributed by atoms with Gasteiger partial charge in [-0.2, -0.15) is 5.48 Å². The molecule has 4 atom stereocenters. The van der Waals surface area contributed by atoms with Crippen LogP contribution in [0.5, 0.6) is 0 Å². The number of carbonyl (C=O) groups excluding carboxylic acids is 2. The number of ether oxygens (including phenoxy) is 2. The van der Waals surface area contributed by atoms with Crippen LogP contribution in [0.2, 0.25) is 0 Å². The smallest absolute Gasteiger partial charge is 0.410 e. The maximum absolute atomic E-state index is 12.4. The Bertz CT molecular complexity index is 625. The minimum Gasteiger partial charge on any atom is -0.444 e. The molecule has 0 aliphatic carbocycles. The molecule has 30 heavy (non-hydrogen) atoms. The van der Waals surface area contributed by atoms with Crippen LogP contribution >= 0.6 is 0 Å². The van der Waals surface area contributed by atoms with E-state index < -0.39 is 5.60 Å². The molecule has 4 saturated heterocycles. The molecule has 0 aromatic carbocycles. The van der Waals surface area contributed by atoms with E-state index in [0.717, 1.165) is 38.8 Å². The van der Waals surface area contributed by atoms with Gasteiger partial charge in [0.05, 0.1) is 18.8 Å². The van der Waals surface area contributed by atoms with Gasteiger partial charge in [0.15, 0.2) is 0 Å². The molecule has 0 aromatic heterocycles. The lowest BCUT2D eigenvalue weighted by Gasteiger charge is -2.38. The summed E-state index contributed by atoms with van der Waals surface area (Å²) < 4.78 is 11.0. The predicted octanol–water partition coefficient (Wildman–Crippen LogP) is 1.44. The van der Waals surface area contributed by atoms with E-state index in [1.807, 2.05) is 25.7 Å². The second kappa shape index (κ2) is 8.98. The molecule has 4 heterocycles. The lowest BCUT2D eigenvalue weighted by molar-refractivity contribution is -0.140. The molecule has 4 aliphatic heterocycles. The molecule has 4 fully saturated rings. The number of carbonyl (C=O) groups is 2. The molecule has 0 radical (unpaired) electrons. The van der Waals surface area contributed by atoms with Crippen molar-refractivity contribution in [2.45, 2.75) is 76.9 Å². The Morgan fingerprint density at radius 2 is 1.90 bits per heavy atom. The van der Waals surface area contributed by atoms with E-state index in [4.69, 9.17) is 14.3 Å². The largest absolute Gasteiger partial charge is 0.444 e. The molecule has 0 saturated carbocycles. The van der Waals surface area contributed by atoms with Gasteiger partial charge in [-0.3, -0.25) is 14.9 Å². The van der Waals surface area contributed by atoms with Crippen LogP contribution in [0.1, 0.15) is 52.9 Å². The Hall–Kier alpha value is -1.42. The summed E-state index contributed by atoms with van der Waals surface area (Å²) in [6.07, 6.45) is 3.87. The summed E-state index contributed by atoms with van der Waals surface area (Å²) in [6, 6.07) is 0.211. The van der Waals surface area contributed by atoms with Crippen molar-refractivity contribution in [3.63, 3.8) is 0 Å². The van der Waals surface area contributed by atoms with Gasteiger partial charge in [0.25, 0.3) is 0 Å². The van der Waals surface area contributed by atoms with Crippen LogP contribution < -0.4 is 10.8 Å². The van der Waals surface area contributed by atoms with E-state index in [-0.39, 0.29) is 36.4 Å². The van der Waals surface area contributed by atoms with Crippen LogP contribution in [0.3, 0.4) is 0 Å². The van der Waals surface area contributed by atoms with E-state index in [0.29, 0.717) is 32.0 Å². The molecule has 0 spiro atoms. The SMILES string of the molecule is CC(C)(C)OC(=O)N1CCC(C2NOC(C3CCC(=O)N(C4CCOC4)C3)N2)CC1. The highest BCUT2D eigenvalue weighted by Crippen LogP contribution is 2.29. The summed E-state index contributed by atoms with van der Waals surface area (Å²) in [6.45, 7) is 9.16. The van der Waals surface area contributed by atoms with Crippen LogP contribution in [0.25, 0.3) is 0 Å². The van der Waals surface area contributed by atoms with Crippen molar-refractivity contribution in [3.8, 4) is 0 Å². The van der Waals surface area contributed by atoms with Crippen LogP contribution in [0.4, 0.5) is 4.79 Å². The third-order valence-electron chi connectivity index (χ3n) is 6.58. The number of hydroxylamine groups is 1. The number of hydrogen-bond donors (Lipinski definition) is 2. The summed E-state index contributed by atoms with van der Waals surface area (Å²) >= 11 is 0. The number of likely N-dealkylation sites (tertiary alicyclic amines) is 2. The molecule has 4 unspecified atom stereocenters. The fourth-order valence-electron chi connectivity index (χ4n) is 4.86. The molecular weight excluding hydrogens is 388 g/mol. The summed E-state index contributed by atoms with van der Waals surface area (Å²) in [4.78, 5) is 34.4. The fraction of sp³-hybridized carbons (Fsp3) is 0.905. The number of nitrogens with one attached hydrogen (secondary N) is 2. The molecule has 0 bridgehead atoms. The number of rotatable bonds is 3. The minimum atomic E-state index is -0.469. The summed E-state index contributed by atoms with van der Waals surface area (Å²) in [7, 11) is 0. The topological polar surface area (TPSA) is 92.4 Å². The molecule has 2 N–H and O–H groups in total. The standard InChI is InChI=1S/C21H36N4O5/c1-21(2,3)29-20(27)24-9-6-14(7-10-24)18-22-19(30-23-18)15-4-5-17(26)25(12-15)16-8-11-28-13-16/h14-16,18-19,22-23H,4-13H2,1-3H3. The van der Waals surface area contributed by atoms with Gasteiger partial charge in [-0.15, -0.1) is 0 Å². The molecule has 4 rings (SSSR count). The van der Waals surface area contributed by atoms with Crippen molar-refractivity contribution in [1.29, 1.82) is 0 Å². The molecule has 2 amide bonds. The van der Waals surface area contributed by atoms with Gasteiger partial charge in [-0.25, -0.2) is 4.79 Å². The van der Waals surface area contributed by atoms with Crippen LogP contribution in [0, 0.1) is 11.8 Å². The number of nitrogens with zero attached hydrogens (tertiary/aromatic N) is 2. The normalized spacial score (nSPS) is 33.9. The molecule has 170 valence electrons. The zero-order chi connectivity index (χ0) is 21.3. The molecule has 9 nitrogen and oxygen atoms in total. The average molecular weight is 425 g/mol. The first-order chi connectivity index (χ1) is 14.3. The van der Waals surface area contributed by atoms with Crippen LogP contribution in [-0.4, -0.2) is 78.7 Å². The summed E-state index contributed by atoms with van der Waals surface area (Å²) in [5.41, 5.74) is 2.71. The number of amides is 2. The summed E-state index contributed by atoms with van der Waals surface area (Å²) in [5, 5.41) is 3.60. The van der Waals surface area contributed by atoms with Gasteiger partial charge < -0.3 is 19.3 Å². The van der Waals surface area contributed by atoms with Gasteiger partial charge >= 0.3 is 6.09 Å². The van der Waals surface area contributed by atoms with Crippen molar-refractivity contribution in [3.05, 3.63) is 0 Å². The Balaban J connectivity index is 1.25. The number of hydrogen-bond acceptors (Lipinski definition) is 7. The Kier molecular flexibility index (Phi) is 6.53. The zero-order valence-electron chi connectivity index (χ0n) is 18.4.